The van der Waals surface area contributed by atoms with Gasteiger partial charge >= 0.3 is 0 Å². The molecule has 0 aromatic rings. The van der Waals surface area contributed by atoms with Crippen molar-refractivity contribution in [1.82, 2.24) is 0 Å². The molecule has 0 heterocycles. The van der Waals surface area contributed by atoms with Gasteiger partial charge in [-0.3, -0.25) is 0 Å². The van der Waals surface area contributed by atoms with Crippen molar-refractivity contribution in [1.29, 1.82) is 0 Å². The van der Waals surface area contributed by atoms with Crippen LogP contribution in [0.1, 0.15) is 13.3 Å². The van der Waals surface area contributed by atoms with Crippen LogP contribution in [-0.2, 0) is 18.9 Å². The van der Waals surface area contributed by atoms with Gasteiger partial charge in [-0.1, -0.05) is 5.92 Å². The Kier molecular flexibility index (Phi) is 8.59. The molecule has 4 heteroatoms. The molecule has 0 saturated heterocycles. The van der Waals surface area contributed by atoms with Crippen LogP contribution in [0, 0.1) is 11.8 Å². The minimum Gasteiger partial charge on any atom is -0.356 e. The molecule has 4 nitrogen and oxygen atoms in total. The minimum atomic E-state index is -0.449. The van der Waals surface area contributed by atoms with E-state index in [0.717, 1.165) is 0 Å². The number of hydrogen-bond donors (Lipinski definition) is 0. The third kappa shape index (κ3) is 6.87. The molecule has 0 radical (unpaired) electrons. The molecule has 82 valence electrons. The molecule has 1 unspecified atom stereocenters. The Labute approximate surface area is 85.5 Å². The second kappa shape index (κ2) is 8.97. The van der Waals surface area contributed by atoms with Gasteiger partial charge in [-0.05, 0) is 12.8 Å². The van der Waals surface area contributed by atoms with Gasteiger partial charge in [0.2, 0.25) is 6.29 Å². The quantitative estimate of drug-likeness (QED) is 0.366. The van der Waals surface area contributed by atoms with Crippen LogP contribution in [0.15, 0.2) is 0 Å². The van der Waals surface area contributed by atoms with Crippen LogP contribution in [0.25, 0.3) is 0 Å². The fourth-order valence-corrected chi connectivity index (χ4v) is 0.714. The van der Waals surface area contributed by atoms with Crippen molar-refractivity contribution in [3.05, 3.63) is 0 Å². The highest BCUT2D eigenvalue weighted by molar-refractivity contribution is 5.01. The van der Waals surface area contributed by atoms with Gasteiger partial charge < -0.3 is 18.9 Å². The van der Waals surface area contributed by atoms with Gasteiger partial charge in [0.05, 0.1) is 6.61 Å². The minimum absolute atomic E-state index is 0.183. The van der Waals surface area contributed by atoms with E-state index in [1.165, 1.54) is 0 Å². The second-order valence-electron chi connectivity index (χ2n) is 2.55. The summed E-state index contributed by atoms with van der Waals surface area (Å²) in [4.78, 5) is 0. The van der Waals surface area contributed by atoms with Gasteiger partial charge in [0.25, 0.3) is 0 Å². The first kappa shape index (κ1) is 13.4. The molecule has 0 aliphatic carbocycles. The Morgan fingerprint density at radius 2 is 1.71 bits per heavy atom. The van der Waals surface area contributed by atoms with Crippen molar-refractivity contribution in [2.75, 3.05) is 27.9 Å². The third-order valence-corrected chi connectivity index (χ3v) is 1.56. The largest absolute Gasteiger partial charge is 0.356 e. The fourth-order valence-electron chi connectivity index (χ4n) is 0.714. The zero-order valence-electron chi connectivity index (χ0n) is 9.20. The monoisotopic (exact) mass is 202 g/mol. The molecule has 0 spiro atoms. The molecule has 14 heavy (non-hydrogen) atoms. The lowest BCUT2D eigenvalue weighted by Gasteiger charge is -2.08. The summed E-state index contributed by atoms with van der Waals surface area (Å²) < 4.78 is 19.9. The molecule has 0 aromatic carbocycles. The summed E-state index contributed by atoms with van der Waals surface area (Å²) in [5, 5.41) is 0. The van der Waals surface area contributed by atoms with E-state index in [4.69, 9.17) is 18.9 Å². The summed E-state index contributed by atoms with van der Waals surface area (Å²) in [6.07, 6.45) is 0.00370. The molecule has 0 rings (SSSR count). The lowest BCUT2D eigenvalue weighted by Crippen LogP contribution is -2.11. The summed E-state index contributed by atoms with van der Waals surface area (Å²) in [5.74, 6) is 5.68. The van der Waals surface area contributed by atoms with Gasteiger partial charge in [-0.15, -0.1) is 0 Å². The van der Waals surface area contributed by atoms with Crippen LogP contribution in [0.4, 0.5) is 0 Å². The highest BCUT2D eigenvalue weighted by Crippen LogP contribution is 1.92. The van der Waals surface area contributed by atoms with E-state index in [2.05, 4.69) is 11.8 Å². The molecular weight excluding hydrogens is 184 g/mol. The molecule has 0 fully saturated rings. The highest BCUT2D eigenvalue weighted by Gasteiger charge is 1.97. The van der Waals surface area contributed by atoms with Crippen LogP contribution in [0.2, 0.25) is 0 Å². The predicted molar refractivity (Wildman–Crippen MR) is 52.6 cm³/mol. The topological polar surface area (TPSA) is 36.9 Å². The van der Waals surface area contributed by atoms with Gasteiger partial charge in [0, 0.05) is 27.8 Å². The van der Waals surface area contributed by atoms with E-state index < -0.39 is 6.29 Å². The molecule has 0 N–H and O–H groups in total. The SMILES string of the molecule is COC(C)OCCC#CC(OC)OC. The molecule has 0 bridgehead atoms. The Hall–Kier alpha value is -0.600. The molecule has 0 aliphatic heterocycles. The standard InChI is InChI=1S/C10H18O4/c1-9(11-2)14-8-6-5-7-10(12-3)13-4/h9-10H,6,8H2,1-4H3. The van der Waals surface area contributed by atoms with Crippen molar-refractivity contribution < 1.29 is 18.9 Å². The lowest BCUT2D eigenvalue weighted by molar-refractivity contribution is -0.109. The molecule has 1 atom stereocenters. The maximum atomic E-state index is 5.23. The normalized spacial score (nSPS) is 12.4. The molecular formula is C10H18O4. The van der Waals surface area contributed by atoms with Gasteiger partial charge in [0.1, 0.15) is 0 Å². The zero-order chi connectivity index (χ0) is 10.8. The van der Waals surface area contributed by atoms with E-state index in [1.54, 1.807) is 21.3 Å². The van der Waals surface area contributed by atoms with E-state index in [1.807, 2.05) is 6.92 Å². The van der Waals surface area contributed by atoms with Crippen molar-refractivity contribution in [2.24, 2.45) is 0 Å². The van der Waals surface area contributed by atoms with E-state index >= 15 is 0 Å². The van der Waals surface area contributed by atoms with Crippen molar-refractivity contribution in [3.63, 3.8) is 0 Å². The maximum absolute atomic E-state index is 5.23. The van der Waals surface area contributed by atoms with E-state index in [0.29, 0.717) is 13.0 Å². The first-order valence-electron chi connectivity index (χ1n) is 4.43. The molecule has 0 aromatic heterocycles. The summed E-state index contributed by atoms with van der Waals surface area (Å²) in [6, 6.07) is 0. The average molecular weight is 202 g/mol. The van der Waals surface area contributed by atoms with Crippen LogP contribution < -0.4 is 0 Å². The van der Waals surface area contributed by atoms with Crippen molar-refractivity contribution in [2.45, 2.75) is 25.9 Å². The number of rotatable bonds is 6. The molecule has 0 amide bonds. The van der Waals surface area contributed by atoms with Gasteiger partial charge in [-0.2, -0.15) is 0 Å². The predicted octanol–water partition coefficient (Wildman–Crippen LogP) is 1.01. The summed E-state index contributed by atoms with van der Waals surface area (Å²) in [5.41, 5.74) is 0. The van der Waals surface area contributed by atoms with Crippen molar-refractivity contribution in [3.8, 4) is 11.8 Å². The van der Waals surface area contributed by atoms with Gasteiger partial charge in [0.15, 0.2) is 6.29 Å². The van der Waals surface area contributed by atoms with Crippen LogP contribution in [0.5, 0.6) is 0 Å². The summed E-state index contributed by atoms with van der Waals surface area (Å²) in [6.45, 7) is 2.38. The van der Waals surface area contributed by atoms with Crippen LogP contribution in [0.3, 0.4) is 0 Å². The first-order valence-corrected chi connectivity index (χ1v) is 4.43. The van der Waals surface area contributed by atoms with Crippen LogP contribution in [-0.4, -0.2) is 40.5 Å². The zero-order valence-corrected chi connectivity index (χ0v) is 9.20. The summed E-state index contributed by atoms with van der Waals surface area (Å²) >= 11 is 0. The first-order chi connectivity index (χ1) is 6.74. The third-order valence-electron chi connectivity index (χ3n) is 1.56. The Bertz CT molecular complexity index is 178. The maximum Gasteiger partial charge on any atom is 0.221 e. The van der Waals surface area contributed by atoms with Crippen LogP contribution >= 0.6 is 0 Å². The average Bonchev–Trinajstić information content (AvgIpc) is 2.23. The highest BCUT2D eigenvalue weighted by atomic mass is 16.7. The number of hydrogen-bond acceptors (Lipinski definition) is 4. The Morgan fingerprint density at radius 1 is 1.07 bits per heavy atom. The molecule has 0 saturated carbocycles. The smallest absolute Gasteiger partial charge is 0.221 e. The summed E-state index contributed by atoms with van der Waals surface area (Å²) in [7, 11) is 4.70. The number of ether oxygens (including phenoxy) is 4. The fraction of sp³-hybridized carbons (Fsp3) is 0.800. The Balaban J connectivity index is 3.51. The van der Waals surface area contributed by atoms with Crippen molar-refractivity contribution >= 4 is 0 Å². The Morgan fingerprint density at radius 3 is 2.21 bits per heavy atom. The number of methoxy groups -OCH3 is 3. The van der Waals surface area contributed by atoms with E-state index in [9.17, 15) is 0 Å². The van der Waals surface area contributed by atoms with E-state index in [-0.39, 0.29) is 6.29 Å². The molecule has 0 aliphatic rings. The van der Waals surface area contributed by atoms with Gasteiger partial charge in [-0.25, -0.2) is 0 Å². The lowest BCUT2D eigenvalue weighted by atomic mass is 10.4. The second-order valence-corrected chi connectivity index (χ2v) is 2.55.